The Hall–Kier alpha value is -3.45. The SMILES string of the molecule is CC(=O)C1=C(O)C(C(C)C)[C@@]2(C)C[C@@]3(C)Cc4c(C(C)C)cc(CCCC5=CC(C)=C(C)C5)c(O)c4C(=O)C3=C(O)[C@@]2(O)C1=O. The zero-order chi connectivity index (χ0) is 33.5. The first-order valence-electron chi connectivity index (χ1n) is 16.2. The van der Waals surface area contributed by atoms with Gasteiger partial charge in [0, 0.05) is 22.3 Å². The normalized spacial score (nSPS) is 29.9. The van der Waals surface area contributed by atoms with Crippen LogP contribution in [0.15, 0.2) is 51.5 Å². The minimum absolute atomic E-state index is 0.0431. The van der Waals surface area contributed by atoms with Crippen LogP contribution in [0.25, 0.3) is 0 Å². The number of ketones is 3. The Morgan fingerprint density at radius 2 is 1.69 bits per heavy atom. The van der Waals surface area contributed by atoms with E-state index in [9.17, 15) is 34.8 Å². The van der Waals surface area contributed by atoms with Crippen molar-refractivity contribution in [2.24, 2.45) is 22.7 Å². The van der Waals surface area contributed by atoms with E-state index in [2.05, 4.69) is 19.9 Å². The van der Waals surface area contributed by atoms with Gasteiger partial charge in [0.25, 0.3) is 0 Å². The summed E-state index contributed by atoms with van der Waals surface area (Å²) in [6.07, 6.45) is 5.80. The van der Waals surface area contributed by atoms with Crippen LogP contribution < -0.4 is 0 Å². The number of hydrogen-bond donors (Lipinski definition) is 4. The Kier molecular flexibility index (Phi) is 7.92. The fraction of sp³-hybridized carbons (Fsp3) is 0.553. The number of benzene rings is 1. The monoisotopic (exact) mass is 616 g/mol. The lowest BCUT2D eigenvalue weighted by atomic mass is 9.44. The number of aliphatic hydroxyl groups is 3. The number of fused-ring (bicyclic) bond motifs is 3. The van der Waals surface area contributed by atoms with Gasteiger partial charge >= 0.3 is 0 Å². The van der Waals surface area contributed by atoms with E-state index in [0.29, 0.717) is 24.0 Å². The molecular formula is C38H48O7. The summed E-state index contributed by atoms with van der Waals surface area (Å²) in [5.74, 6) is -4.81. The predicted molar refractivity (Wildman–Crippen MR) is 173 cm³/mol. The van der Waals surface area contributed by atoms with Gasteiger partial charge in [0.05, 0.1) is 5.56 Å². The molecule has 7 nitrogen and oxygen atoms in total. The van der Waals surface area contributed by atoms with Crippen molar-refractivity contribution in [1.82, 2.24) is 0 Å². The number of aromatic hydroxyl groups is 1. The van der Waals surface area contributed by atoms with Crippen molar-refractivity contribution in [3.8, 4) is 5.75 Å². The van der Waals surface area contributed by atoms with Crippen molar-refractivity contribution in [3.63, 3.8) is 0 Å². The van der Waals surface area contributed by atoms with Crippen molar-refractivity contribution in [2.45, 2.75) is 112 Å². The first-order valence-corrected chi connectivity index (χ1v) is 16.2. The van der Waals surface area contributed by atoms with Gasteiger partial charge in [0.15, 0.2) is 17.2 Å². The Bertz CT molecular complexity index is 1660. The van der Waals surface area contributed by atoms with Crippen LogP contribution in [0.5, 0.6) is 5.75 Å². The van der Waals surface area contributed by atoms with E-state index in [1.54, 1.807) is 6.92 Å². The first kappa shape index (κ1) is 32.9. The molecule has 7 heteroatoms. The molecule has 0 saturated carbocycles. The predicted octanol–water partition coefficient (Wildman–Crippen LogP) is 7.46. The minimum atomic E-state index is -2.61. The largest absolute Gasteiger partial charge is 0.511 e. The third-order valence-corrected chi connectivity index (χ3v) is 11.3. The molecule has 0 fully saturated rings. The summed E-state index contributed by atoms with van der Waals surface area (Å²) in [5, 5.41) is 47.2. The van der Waals surface area contributed by atoms with E-state index in [1.807, 2.05) is 40.7 Å². The van der Waals surface area contributed by atoms with Crippen molar-refractivity contribution in [3.05, 3.63) is 73.8 Å². The Balaban J connectivity index is 1.65. The molecule has 4 aliphatic carbocycles. The van der Waals surface area contributed by atoms with E-state index in [-0.39, 0.29) is 40.9 Å². The number of aryl methyl sites for hydroxylation is 1. The third kappa shape index (κ3) is 4.59. The fourth-order valence-electron chi connectivity index (χ4n) is 9.22. The molecule has 45 heavy (non-hydrogen) atoms. The highest BCUT2D eigenvalue weighted by molar-refractivity contribution is 6.25. The van der Waals surface area contributed by atoms with E-state index in [0.717, 1.165) is 31.7 Å². The topological polar surface area (TPSA) is 132 Å². The van der Waals surface area contributed by atoms with Gasteiger partial charge in [0.1, 0.15) is 22.8 Å². The van der Waals surface area contributed by atoms with Crippen LogP contribution in [-0.2, 0) is 22.4 Å². The Morgan fingerprint density at radius 1 is 1.04 bits per heavy atom. The number of phenolic OH excluding ortho intramolecular Hbond substituents is 1. The molecule has 4 atom stereocenters. The maximum absolute atomic E-state index is 14.5. The van der Waals surface area contributed by atoms with Gasteiger partial charge in [-0.2, -0.15) is 0 Å². The highest BCUT2D eigenvalue weighted by atomic mass is 16.3. The number of aliphatic hydroxyl groups excluding tert-OH is 2. The quantitative estimate of drug-likeness (QED) is 0.234. The number of rotatable bonds is 7. The van der Waals surface area contributed by atoms with Crippen LogP contribution in [0.4, 0.5) is 0 Å². The van der Waals surface area contributed by atoms with E-state index in [1.165, 1.54) is 16.7 Å². The average molecular weight is 617 g/mol. The molecule has 0 bridgehead atoms. The van der Waals surface area contributed by atoms with Crippen molar-refractivity contribution >= 4 is 17.3 Å². The van der Waals surface area contributed by atoms with Crippen LogP contribution in [0.3, 0.4) is 0 Å². The lowest BCUT2D eigenvalue weighted by molar-refractivity contribution is -0.171. The van der Waals surface area contributed by atoms with Crippen LogP contribution in [0.2, 0.25) is 0 Å². The van der Waals surface area contributed by atoms with Gasteiger partial charge in [-0.05, 0) is 87.8 Å². The number of hydrogen-bond acceptors (Lipinski definition) is 7. The molecule has 0 saturated heterocycles. The second-order valence-corrected chi connectivity index (χ2v) is 15.2. The van der Waals surface area contributed by atoms with Gasteiger partial charge in [-0.1, -0.05) is 70.4 Å². The molecule has 4 aliphatic rings. The summed E-state index contributed by atoms with van der Waals surface area (Å²) in [4.78, 5) is 41.1. The summed E-state index contributed by atoms with van der Waals surface area (Å²) in [6, 6.07) is 2.01. The summed E-state index contributed by atoms with van der Waals surface area (Å²) in [6.45, 7) is 16.7. The molecule has 0 radical (unpaired) electrons. The second kappa shape index (κ2) is 10.8. The van der Waals surface area contributed by atoms with Crippen molar-refractivity contribution in [2.75, 3.05) is 0 Å². The van der Waals surface area contributed by atoms with Crippen LogP contribution in [0.1, 0.15) is 121 Å². The highest BCUT2D eigenvalue weighted by Gasteiger charge is 2.71. The highest BCUT2D eigenvalue weighted by Crippen LogP contribution is 2.65. The maximum Gasteiger partial charge on any atom is 0.209 e. The van der Waals surface area contributed by atoms with Crippen LogP contribution >= 0.6 is 0 Å². The zero-order valence-corrected chi connectivity index (χ0v) is 28.1. The minimum Gasteiger partial charge on any atom is -0.511 e. The molecule has 1 unspecified atom stereocenters. The standard InChI is InChI=1S/C38H48O7/c1-18(2)25-15-24(12-10-11-23-13-20(5)21(6)14-23)31(40)28-26(25)16-36(8)17-37(9)29(19(3)4)32(41)27(22(7)39)34(43)38(37,45)35(44)30(36)33(28)42/h13,15,18-19,29,40-41,44-45H,10-12,14,16-17H2,1-9H3/t29?,36-,37-,38+/m1/s1. The molecule has 242 valence electrons. The molecule has 1 aromatic rings. The molecule has 0 spiro atoms. The number of Topliss-reactive ketones (excluding diaryl/α,β-unsaturated/α-hetero) is 3. The zero-order valence-electron chi connectivity index (χ0n) is 28.1. The van der Waals surface area contributed by atoms with Gasteiger partial charge in [-0.15, -0.1) is 0 Å². The first-order chi connectivity index (χ1) is 20.8. The average Bonchev–Trinajstić information content (AvgIpc) is 3.23. The lowest BCUT2D eigenvalue weighted by Crippen LogP contribution is -2.67. The van der Waals surface area contributed by atoms with Crippen molar-refractivity contribution < 1.29 is 34.8 Å². The molecule has 0 aromatic heterocycles. The summed E-state index contributed by atoms with van der Waals surface area (Å²) in [5.41, 5.74) is 0.758. The van der Waals surface area contributed by atoms with Gasteiger partial charge in [-0.3, -0.25) is 14.4 Å². The van der Waals surface area contributed by atoms with E-state index >= 15 is 0 Å². The number of phenols is 1. The fourth-order valence-corrected chi connectivity index (χ4v) is 9.22. The molecule has 4 N–H and O–H groups in total. The van der Waals surface area contributed by atoms with E-state index < -0.39 is 51.0 Å². The Labute approximate surface area is 266 Å². The van der Waals surface area contributed by atoms with Gasteiger partial charge < -0.3 is 20.4 Å². The number of carbonyl (C=O) groups excluding carboxylic acids is 3. The Morgan fingerprint density at radius 3 is 2.22 bits per heavy atom. The lowest BCUT2D eigenvalue weighted by Gasteiger charge is -2.59. The summed E-state index contributed by atoms with van der Waals surface area (Å²) < 4.78 is 0. The second-order valence-electron chi connectivity index (χ2n) is 15.2. The molecule has 0 heterocycles. The third-order valence-electron chi connectivity index (χ3n) is 11.3. The molecule has 0 aliphatic heterocycles. The summed E-state index contributed by atoms with van der Waals surface area (Å²) in [7, 11) is 0. The van der Waals surface area contributed by atoms with Crippen molar-refractivity contribution in [1.29, 1.82) is 0 Å². The number of carbonyl (C=O) groups is 3. The molecule has 5 rings (SSSR count). The molecule has 1 aromatic carbocycles. The van der Waals surface area contributed by atoms with Gasteiger partial charge in [-0.25, -0.2) is 0 Å². The number of allylic oxidation sites excluding steroid dienone is 6. The molecular weight excluding hydrogens is 568 g/mol. The summed E-state index contributed by atoms with van der Waals surface area (Å²) >= 11 is 0. The maximum atomic E-state index is 14.5. The van der Waals surface area contributed by atoms with Crippen LogP contribution in [0, 0.1) is 22.7 Å². The van der Waals surface area contributed by atoms with Gasteiger partial charge in [0.2, 0.25) is 5.78 Å². The van der Waals surface area contributed by atoms with E-state index in [4.69, 9.17) is 0 Å². The molecule has 0 amide bonds. The van der Waals surface area contributed by atoms with Crippen LogP contribution in [-0.4, -0.2) is 43.4 Å². The smallest absolute Gasteiger partial charge is 0.209 e.